The molecule has 0 aliphatic heterocycles. The first kappa shape index (κ1) is 9.20. The van der Waals surface area contributed by atoms with E-state index in [1.54, 1.807) is 12.1 Å². The zero-order chi connectivity index (χ0) is 10.8. The van der Waals surface area contributed by atoms with Crippen molar-refractivity contribution in [2.45, 2.75) is 0 Å². The Kier molecular flexibility index (Phi) is 2.09. The van der Waals surface area contributed by atoms with Crippen LogP contribution in [0.2, 0.25) is 0 Å². The first-order chi connectivity index (χ1) is 7.16. The van der Waals surface area contributed by atoms with E-state index in [0.29, 0.717) is 11.4 Å². The fourth-order valence-corrected chi connectivity index (χ4v) is 1.05. The molecule has 0 fully saturated rings. The lowest BCUT2D eigenvalue weighted by atomic mass is 10.3. The van der Waals surface area contributed by atoms with Crippen molar-refractivity contribution in [2.24, 2.45) is 0 Å². The Balaban J connectivity index is 2.41. The molecule has 0 unspecified atom stereocenters. The molecule has 0 radical (unpaired) electrons. The Morgan fingerprint density at radius 3 is 2.93 bits per heavy atom. The van der Waals surface area contributed by atoms with Crippen LogP contribution in [-0.4, -0.2) is 21.0 Å². The SMILES string of the molecule is Nc1ccnc(-c2nc(C(=O)O)co2)c1. The summed E-state index contributed by atoms with van der Waals surface area (Å²) in [6.07, 6.45) is 2.55. The van der Waals surface area contributed by atoms with E-state index in [-0.39, 0.29) is 11.6 Å². The van der Waals surface area contributed by atoms with Crippen LogP contribution in [0.25, 0.3) is 11.6 Å². The number of oxazole rings is 1. The Morgan fingerprint density at radius 1 is 1.53 bits per heavy atom. The molecular weight excluding hydrogens is 198 g/mol. The van der Waals surface area contributed by atoms with E-state index >= 15 is 0 Å². The highest BCUT2D eigenvalue weighted by Gasteiger charge is 2.12. The average Bonchev–Trinajstić information content (AvgIpc) is 2.66. The van der Waals surface area contributed by atoms with Gasteiger partial charge in [-0.05, 0) is 12.1 Å². The monoisotopic (exact) mass is 205 g/mol. The highest BCUT2D eigenvalue weighted by molar-refractivity contribution is 5.85. The van der Waals surface area contributed by atoms with E-state index in [2.05, 4.69) is 9.97 Å². The van der Waals surface area contributed by atoms with Crippen LogP contribution in [0, 0.1) is 0 Å². The maximum Gasteiger partial charge on any atom is 0.357 e. The van der Waals surface area contributed by atoms with Gasteiger partial charge in [0.1, 0.15) is 12.0 Å². The number of anilines is 1. The van der Waals surface area contributed by atoms with Gasteiger partial charge in [0.15, 0.2) is 5.69 Å². The number of rotatable bonds is 2. The average molecular weight is 205 g/mol. The fourth-order valence-electron chi connectivity index (χ4n) is 1.05. The Bertz CT molecular complexity index is 507. The van der Waals surface area contributed by atoms with Gasteiger partial charge in [-0.15, -0.1) is 0 Å². The van der Waals surface area contributed by atoms with Crippen molar-refractivity contribution in [1.29, 1.82) is 0 Å². The summed E-state index contributed by atoms with van der Waals surface area (Å²) < 4.78 is 4.96. The van der Waals surface area contributed by atoms with Gasteiger partial charge < -0.3 is 15.3 Å². The van der Waals surface area contributed by atoms with Crippen molar-refractivity contribution < 1.29 is 14.3 Å². The van der Waals surface area contributed by atoms with Gasteiger partial charge in [0.25, 0.3) is 0 Å². The number of nitrogens with zero attached hydrogens (tertiary/aromatic N) is 2. The minimum Gasteiger partial charge on any atom is -0.476 e. The van der Waals surface area contributed by atoms with E-state index < -0.39 is 5.97 Å². The summed E-state index contributed by atoms with van der Waals surface area (Å²) in [5.74, 6) is -1.01. The lowest BCUT2D eigenvalue weighted by molar-refractivity contribution is 0.0690. The second-order valence-corrected chi connectivity index (χ2v) is 2.82. The minimum atomic E-state index is -1.14. The highest BCUT2D eigenvalue weighted by atomic mass is 16.4. The molecule has 76 valence electrons. The third kappa shape index (κ3) is 1.78. The van der Waals surface area contributed by atoms with Crippen LogP contribution in [-0.2, 0) is 0 Å². The molecule has 0 aliphatic rings. The van der Waals surface area contributed by atoms with Crippen LogP contribution < -0.4 is 5.73 Å². The van der Waals surface area contributed by atoms with Crippen molar-refractivity contribution in [3.8, 4) is 11.6 Å². The largest absolute Gasteiger partial charge is 0.476 e. The van der Waals surface area contributed by atoms with E-state index in [0.717, 1.165) is 6.26 Å². The molecule has 0 atom stereocenters. The van der Waals surface area contributed by atoms with Crippen LogP contribution in [0.1, 0.15) is 10.5 Å². The van der Waals surface area contributed by atoms with E-state index in [4.69, 9.17) is 15.3 Å². The smallest absolute Gasteiger partial charge is 0.357 e. The molecule has 0 saturated carbocycles. The summed E-state index contributed by atoms with van der Waals surface area (Å²) in [7, 11) is 0. The quantitative estimate of drug-likeness (QED) is 0.758. The molecular formula is C9H7N3O3. The summed E-state index contributed by atoms with van der Waals surface area (Å²) in [4.78, 5) is 18.2. The predicted octanol–water partition coefficient (Wildman–Crippen LogP) is 1.02. The molecule has 0 bridgehead atoms. The van der Waals surface area contributed by atoms with Crippen molar-refractivity contribution in [2.75, 3.05) is 5.73 Å². The molecule has 6 nitrogen and oxygen atoms in total. The molecule has 15 heavy (non-hydrogen) atoms. The second kappa shape index (κ2) is 3.41. The Labute approximate surface area is 84.4 Å². The van der Waals surface area contributed by atoms with Crippen molar-refractivity contribution in [3.05, 3.63) is 30.3 Å². The highest BCUT2D eigenvalue weighted by Crippen LogP contribution is 2.17. The number of carboxylic acids is 1. The van der Waals surface area contributed by atoms with Gasteiger partial charge in [-0.3, -0.25) is 4.98 Å². The van der Waals surface area contributed by atoms with Gasteiger partial charge in [-0.1, -0.05) is 0 Å². The van der Waals surface area contributed by atoms with Crippen LogP contribution in [0.5, 0.6) is 0 Å². The van der Waals surface area contributed by atoms with Crippen LogP contribution in [0.4, 0.5) is 5.69 Å². The summed E-state index contributed by atoms with van der Waals surface area (Å²) in [6.45, 7) is 0. The van der Waals surface area contributed by atoms with Crippen LogP contribution >= 0.6 is 0 Å². The molecule has 0 aliphatic carbocycles. The molecule has 2 rings (SSSR count). The molecule has 0 amide bonds. The first-order valence-corrected chi connectivity index (χ1v) is 4.07. The van der Waals surface area contributed by atoms with Crippen LogP contribution in [0.3, 0.4) is 0 Å². The molecule has 2 aromatic heterocycles. The zero-order valence-corrected chi connectivity index (χ0v) is 7.54. The molecule has 2 heterocycles. The number of nitrogen functional groups attached to an aromatic ring is 1. The first-order valence-electron chi connectivity index (χ1n) is 4.07. The summed E-state index contributed by atoms with van der Waals surface area (Å²) in [5.41, 5.74) is 6.29. The van der Waals surface area contributed by atoms with E-state index in [1.807, 2.05) is 0 Å². The van der Waals surface area contributed by atoms with E-state index in [9.17, 15) is 4.79 Å². The summed E-state index contributed by atoms with van der Waals surface area (Å²) in [6, 6.07) is 3.17. The van der Waals surface area contributed by atoms with Gasteiger partial charge in [0.05, 0.1) is 0 Å². The molecule has 2 aromatic rings. The normalized spacial score (nSPS) is 10.1. The minimum absolute atomic E-state index is 0.139. The summed E-state index contributed by atoms with van der Waals surface area (Å²) in [5, 5.41) is 8.63. The van der Waals surface area contributed by atoms with Crippen molar-refractivity contribution in [3.63, 3.8) is 0 Å². The van der Waals surface area contributed by atoms with E-state index in [1.165, 1.54) is 6.20 Å². The van der Waals surface area contributed by atoms with Crippen molar-refractivity contribution in [1.82, 2.24) is 9.97 Å². The van der Waals surface area contributed by atoms with Gasteiger partial charge in [-0.25, -0.2) is 9.78 Å². The van der Waals surface area contributed by atoms with Gasteiger partial charge in [0.2, 0.25) is 5.89 Å². The predicted molar refractivity (Wildman–Crippen MR) is 51.1 cm³/mol. The third-order valence-corrected chi connectivity index (χ3v) is 1.73. The standard InChI is InChI=1S/C9H7N3O3/c10-5-1-2-11-6(3-5)8-12-7(4-15-8)9(13)14/h1-4H,(H2,10,11)(H,13,14). The molecule has 0 spiro atoms. The number of aromatic nitrogens is 2. The lowest BCUT2D eigenvalue weighted by Gasteiger charge is -1.94. The molecule has 3 N–H and O–H groups in total. The van der Waals surface area contributed by atoms with Crippen LogP contribution in [0.15, 0.2) is 29.0 Å². The number of hydrogen-bond acceptors (Lipinski definition) is 5. The van der Waals surface area contributed by atoms with Crippen molar-refractivity contribution >= 4 is 11.7 Å². The second-order valence-electron chi connectivity index (χ2n) is 2.82. The number of pyridine rings is 1. The number of carboxylic acid groups (broad SMARTS) is 1. The Morgan fingerprint density at radius 2 is 2.33 bits per heavy atom. The van der Waals surface area contributed by atoms with Gasteiger partial charge >= 0.3 is 5.97 Å². The molecule has 6 heteroatoms. The molecule has 0 saturated heterocycles. The summed E-state index contributed by atoms with van der Waals surface area (Å²) >= 11 is 0. The van der Waals surface area contributed by atoms with Gasteiger partial charge in [0, 0.05) is 11.9 Å². The number of nitrogens with two attached hydrogens (primary N) is 1. The fraction of sp³-hybridized carbons (Fsp3) is 0. The zero-order valence-electron chi connectivity index (χ0n) is 7.54. The Hall–Kier alpha value is -2.37. The maximum absolute atomic E-state index is 10.5. The topological polar surface area (TPSA) is 102 Å². The number of hydrogen-bond donors (Lipinski definition) is 2. The third-order valence-electron chi connectivity index (χ3n) is 1.73. The number of carbonyl (C=O) groups is 1. The van der Waals surface area contributed by atoms with Gasteiger partial charge in [-0.2, -0.15) is 0 Å². The molecule has 0 aromatic carbocycles. The number of aromatic carboxylic acids is 1. The maximum atomic E-state index is 10.5. The lowest BCUT2D eigenvalue weighted by Crippen LogP contribution is -1.96.